The van der Waals surface area contributed by atoms with Gasteiger partial charge in [0.15, 0.2) is 11.9 Å². The largest absolute Gasteiger partial charge is 0.467 e. The number of thioether (sulfide) groups is 1. The molecule has 0 saturated heterocycles. The highest BCUT2D eigenvalue weighted by Gasteiger charge is 2.24. The first-order valence-corrected chi connectivity index (χ1v) is 12.6. The van der Waals surface area contributed by atoms with Crippen LogP contribution in [0.3, 0.4) is 0 Å². The predicted molar refractivity (Wildman–Crippen MR) is 121 cm³/mol. The molecule has 0 atom stereocenters. The number of benzene rings is 1. The van der Waals surface area contributed by atoms with Crippen LogP contribution in [-0.2, 0) is 23.5 Å². The lowest BCUT2D eigenvalue weighted by Gasteiger charge is -2.26. The topological polar surface area (TPSA) is 49.2 Å². The molecular weight excluding hydrogens is 438 g/mol. The van der Waals surface area contributed by atoms with E-state index in [1.165, 1.54) is 37.0 Å². The zero-order chi connectivity index (χ0) is 20.3. The summed E-state index contributed by atoms with van der Waals surface area (Å²) in [5, 5.41) is 13.0. The summed E-state index contributed by atoms with van der Waals surface area (Å²) in [5.74, 6) is 2.72. The summed E-state index contributed by atoms with van der Waals surface area (Å²) in [4.78, 5) is 1.33. The molecule has 158 valence electrons. The molecule has 2 aliphatic rings. The molecule has 0 N–H and O–H groups in total. The molecule has 30 heavy (non-hydrogen) atoms. The van der Waals surface area contributed by atoms with Crippen LogP contribution in [0.4, 0.5) is 0 Å². The molecule has 0 unspecified atom stereocenters. The third-order valence-electron chi connectivity index (χ3n) is 5.70. The van der Waals surface area contributed by atoms with Gasteiger partial charge in [-0.3, -0.25) is 0 Å². The summed E-state index contributed by atoms with van der Waals surface area (Å²) in [6.07, 6.45) is 7.14. The van der Waals surface area contributed by atoms with Crippen molar-refractivity contribution in [3.05, 3.63) is 56.5 Å². The second-order valence-electron chi connectivity index (χ2n) is 7.77. The summed E-state index contributed by atoms with van der Waals surface area (Å²) in [6.45, 7) is 0.826. The van der Waals surface area contributed by atoms with Crippen molar-refractivity contribution in [3.8, 4) is 5.75 Å². The first kappa shape index (κ1) is 20.4. The van der Waals surface area contributed by atoms with Gasteiger partial charge >= 0.3 is 0 Å². The number of rotatable bonds is 6. The van der Waals surface area contributed by atoms with E-state index in [0.717, 1.165) is 40.0 Å². The maximum absolute atomic E-state index is 6.35. The molecule has 2 aromatic heterocycles. The van der Waals surface area contributed by atoms with Crippen molar-refractivity contribution >= 4 is 34.7 Å². The van der Waals surface area contributed by atoms with E-state index < -0.39 is 0 Å². The van der Waals surface area contributed by atoms with Gasteiger partial charge in [0.1, 0.15) is 11.6 Å². The van der Waals surface area contributed by atoms with E-state index in [0.29, 0.717) is 17.7 Å². The second kappa shape index (κ2) is 9.30. The van der Waals surface area contributed by atoms with Gasteiger partial charge in [-0.25, -0.2) is 0 Å². The highest BCUT2D eigenvalue weighted by atomic mass is 35.5. The van der Waals surface area contributed by atoms with E-state index in [2.05, 4.69) is 32.3 Å². The number of nitrogens with zero attached hydrogens (tertiary/aromatic N) is 3. The minimum atomic E-state index is 0.287. The van der Waals surface area contributed by atoms with Crippen LogP contribution in [0.15, 0.2) is 34.8 Å². The van der Waals surface area contributed by atoms with Crippen LogP contribution < -0.4 is 4.74 Å². The number of aromatic nitrogens is 3. The first-order chi connectivity index (χ1) is 14.8. The Morgan fingerprint density at radius 2 is 2.10 bits per heavy atom. The molecule has 8 heteroatoms. The Hall–Kier alpha value is -1.54. The fourth-order valence-corrected chi connectivity index (χ4v) is 6.26. The summed E-state index contributed by atoms with van der Waals surface area (Å²) in [6, 6.07) is 8.68. The standard InChI is InChI=1S/C22H24ClN3O2S2/c23-17-9-15-12-27-14-28-21(15)16(10-17)13-30-22-25-24-20(11-19-7-4-8-29-19)26(22)18-5-2-1-3-6-18/h4,7-10,18H,1-3,5-6,11-14H2. The zero-order valence-electron chi connectivity index (χ0n) is 16.7. The molecule has 1 aliphatic carbocycles. The summed E-state index contributed by atoms with van der Waals surface area (Å²) >= 11 is 9.85. The third kappa shape index (κ3) is 4.40. The van der Waals surface area contributed by atoms with Gasteiger partial charge in [-0.2, -0.15) is 0 Å². The molecule has 1 aromatic carbocycles. The maximum atomic E-state index is 6.35. The molecule has 1 aliphatic heterocycles. The molecule has 0 spiro atoms. The smallest absolute Gasteiger partial charge is 0.191 e. The number of thiophene rings is 1. The number of ether oxygens (including phenoxy) is 2. The molecule has 0 radical (unpaired) electrons. The third-order valence-corrected chi connectivity index (χ3v) is 7.78. The molecule has 1 fully saturated rings. The van der Waals surface area contributed by atoms with Crippen LogP contribution in [0.2, 0.25) is 5.02 Å². The van der Waals surface area contributed by atoms with Crippen LogP contribution in [0.25, 0.3) is 0 Å². The van der Waals surface area contributed by atoms with Gasteiger partial charge in [0.2, 0.25) is 0 Å². The number of hydrogen-bond donors (Lipinski definition) is 0. The van der Waals surface area contributed by atoms with Crippen molar-refractivity contribution in [1.82, 2.24) is 14.8 Å². The van der Waals surface area contributed by atoms with Gasteiger partial charge in [-0.15, -0.1) is 21.5 Å². The maximum Gasteiger partial charge on any atom is 0.191 e. The molecule has 3 heterocycles. The van der Waals surface area contributed by atoms with Crippen molar-refractivity contribution in [3.63, 3.8) is 0 Å². The first-order valence-electron chi connectivity index (χ1n) is 10.4. The molecule has 3 aromatic rings. The van der Waals surface area contributed by atoms with Gasteiger partial charge in [-0.05, 0) is 36.4 Å². The normalized spacial score (nSPS) is 17.0. The van der Waals surface area contributed by atoms with E-state index in [-0.39, 0.29) is 6.79 Å². The van der Waals surface area contributed by atoms with Crippen LogP contribution in [0.5, 0.6) is 5.75 Å². The number of fused-ring (bicyclic) bond motifs is 1. The van der Waals surface area contributed by atoms with E-state index in [4.69, 9.17) is 21.1 Å². The zero-order valence-corrected chi connectivity index (χ0v) is 19.1. The van der Waals surface area contributed by atoms with Crippen molar-refractivity contribution in [2.24, 2.45) is 0 Å². The van der Waals surface area contributed by atoms with E-state index >= 15 is 0 Å². The quantitative estimate of drug-likeness (QED) is 0.406. The van der Waals surface area contributed by atoms with Gasteiger partial charge in [0, 0.05) is 39.2 Å². The van der Waals surface area contributed by atoms with Gasteiger partial charge in [0.05, 0.1) is 6.61 Å². The lowest BCUT2D eigenvalue weighted by atomic mass is 9.95. The van der Waals surface area contributed by atoms with Gasteiger partial charge in [0.25, 0.3) is 0 Å². The average molecular weight is 462 g/mol. The highest BCUT2D eigenvalue weighted by molar-refractivity contribution is 7.98. The average Bonchev–Trinajstić information content (AvgIpc) is 3.43. The highest BCUT2D eigenvalue weighted by Crippen LogP contribution is 2.38. The van der Waals surface area contributed by atoms with Crippen molar-refractivity contribution in [2.75, 3.05) is 6.79 Å². The van der Waals surface area contributed by atoms with Crippen LogP contribution >= 0.6 is 34.7 Å². The van der Waals surface area contributed by atoms with Gasteiger partial charge in [-0.1, -0.05) is 48.7 Å². The molecular formula is C22H24ClN3O2S2. The van der Waals surface area contributed by atoms with Crippen molar-refractivity contribution in [2.45, 2.75) is 62.1 Å². The van der Waals surface area contributed by atoms with Crippen molar-refractivity contribution in [1.29, 1.82) is 0 Å². The van der Waals surface area contributed by atoms with E-state index in [1.807, 2.05) is 12.1 Å². The molecule has 5 rings (SSSR count). The lowest BCUT2D eigenvalue weighted by molar-refractivity contribution is -0.0168. The minimum absolute atomic E-state index is 0.287. The van der Waals surface area contributed by atoms with Crippen LogP contribution in [-0.4, -0.2) is 21.6 Å². The fourth-order valence-electron chi connectivity index (χ4n) is 4.31. The summed E-state index contributed by atoms with van der Waals surface area (Å²) in [5.41, 5.74) is 2.10. The summed E-state index contributed by atoms with van der Waals surface area (Å²) < 4.78 is 13.6. The SMILES string of the molecule is Clc1cc2c(c(CSc3nnc(Cc4cccs4)n3C3CCCCC3)c1)OCOC2. The minimum Gasteiger partial charge on any atom is -0.467 e. The van der Waals surface area contributed by atoms with Crippen LogP contribution in [0, 0.1) is 0 Å². The Balaban J connectivity index is 1.41. The lowest BCUT2D eigenvalue weighted by Crippen LogP contribution is -2.17. The molecule has 1 saturated carbocycles. The molecule has 0 bridgehead atoms. The Morgan fingerprint density at radius 3 is 2.93 bits per heavy atom. The van der Waals surface area contributed by atoms with E-state index in [9.17, 15) is 0 Å². The van der Waals surface area contributed by atoms with E-state index in [1.54, 1.807) is 23.1 Å². The molecule has 5 nitrogen and oxygen atoms in total. The number of halogens is 1. The van der Waals surface area contributed by atoms with Crippen molar-refractivity contribution < 1.29 is 9.47 Å². The Labute approximate surface area is 189 Å². The Morgan fingerprint density at radius 1 is 1.20 bits per heavy atom. The fraction of sp³-hybridized carbons (Fsp3) is 0.455. The summed E-state index contributed by atoms with van der Waals surface area (Å²) in [7, 11) is 0. The monoisotopic (exact) mass is 461 g/mol. The number of hydrogen-bond acceptors (Lipinski definition) is 6. The van der Waals surface area contributed by atoms with Crippen LogP contribution in [0.1, 0.15) is 60.0 Å². The predicted octanol–water partition coefficient (Wildman–Crippen LogP) is 6.25. The molecule has 0 amide bonds. The Bertz CT molecular complexity index is 1000. The second-order valence-corrected chi connectivity index (χ2v) is 10.2. The Kier molecular flexibility index (Phi) is 6.32. The van der Waals surface area contributed by atoms with Gasteiger partial charge < -0.3 is 14.0 Å².